The highest BCUT2D eigenvalue weighted by molar-refractivity contribution is 5.93. The molecule has 6 rings (SSSR count). The summed E-state index contributed by atoms with van der Waals surface area (Å²) < 4.78 is 11.4. The number of rotatable bonds is 6. The van der Waals surface area contributed by atoms with Crippen LogP contribution in [0.3, 0.4) is 0 Å². The van der Waals surface area contributed by atoms with Crippen LogP contribution < -0.4 is 4.90 Å². The van der Waals surface area contributed by atoms with E-state index in [2.05, 4.69) is 36.1 Å². The Kier molecular flexibility index (Phi) is 7.27. The van der Waals surface area contributed by atoms with Gasteiger partial charge in [-0.1, -0.05) is 24.6 Å². The lowest BCUT2D eigenvalue weighted by Gasteiger charge is -2.55. The molecule has 4 aliphatic carbocycles. The third-order valence-corrected chi connectivity index (χ3v) is 10.9. The summed E-state index contributed by atoms with van der Waals surface area (Å²) in [6.45, 7) is 5.78. The van der Waals surface area contributed by atoms with E-state index in [0.717, 1.165) is 45.2 Å². The molecule has 0 radical (unpaired) electrons. The molecule has 0 bridgehead atoms. The largest absolute Gasteiger partial charge is 0.451 e. The molecule has 6 nitrogen and oxygen atoms in total. The van der Waals surface area contributed by atoms with Gasteiger partial charge < -0.3 is 14.4 Å². The van der Waals surface area contributed by atoms with Gasteiger partial charge >= 0.3 is 5.97 Å². The Morgan fingerprint density at radius 1 is 1.02 bits per heavy atom. The summed E-state index contributed by atoms with van der Waals surface area (Å²) in [7, 11) is 1.53. The Bertz CT molecular complexity index is 1260. The maximum atomic E-state index is 13.8. The Morgan fingerprint density at radius 2 is 1.77 bits per heavy atom. The summed E-state index contributed by atoms with van der Waals surface area (Å²) in [5.41, 5.74) is 4.93. The van der Waals surface area contributed by atoms with Crippen molar-refractivity contribution >= 4 is 23.2 Å². The number of esters is 1. The Labute approximate surface area is 238 Å². The number of Topliss-reactive ketones (excluding diaryl/α,β-unsaturated/α-hetero) is 1. The van der Waals surface area contributed by atoms with Crippen LogP contribution in [0.5, 0.6) is 0 Å². The second-order valence-electron chi connectivity index (χ2n) is 13.0. The molecule has 1 aromatic carbocycles. The first-order valence-corrected chi connectivity index (χ1v) is 15.3. The summed E-state index contributed by atoms with van der Waals surface area (Å²) in [6.07, 6.45) is 11.0. The van der Waals surface area contributed by atoms with Gasteiger partial charge in [-0.15, -0.1) is 0 Å². The summed E-state index contributed by atoms with van der Waals surface area (Å²) in [5.74, 6) is 0.359. The van der Waals surface area contributed by atoms with Crippen LogP contribution in [0.2, 0.25) is 0 Å². The van der Waals surface area contributed by atoms with Crippen LogP contribution in [0.25, 0.3) is 0 Å². The number of carbonyl (C=O) groups excluding carboxylic acids is 3. The highest BCUT2D eigenvalue weighted by atomic mass is 16.6. The Morgan fingerprint density at radius 3 is 2.48 bits per heavy atom. The highest BCUT2D eigenvalue weighted by Crippen LogP contribution is 2.67. The predicted octanol–water partition coefficient (Wildman–Crippen LogP) is 6.09. The molecule has 1 aromatic rings. The molecule has 0 aromatic heterocycles. The van der Waals surface area contributed by atoms with E-state index in [0.29, 0.717) is 18.8 Å². The minimum absolute atomic E-state index is 0.0571. The zero-order chi connectivity index (χ0) is 28.1. The van der Waals surface area contributed by atoms with Gasteiger partial charge in [0.2, 0.25) is 5.78 Å². The molecule has 214 valence electrons. The fourth-order valence-corrected chi connectivity index (χ4v) is 9.19. The Balaban J connectivity index is 1.46. The predicted molar refractivity (Wildman–Crippen MR) is 154 cm³/mol. The van der Waals surface area contributed by atoms with Crippen LogP contribution in [0.15, 0.2) is 47.1 Å². The van der Waals surface area contributed by atoms with E-state index in [1.54, 1.807) is 0 Å². The molecular weight excluding hydrogens is 502 g/mol. The van der Waals surface area contributed by atoms with Crippen molar-refractivity contribution < 1.29 is 23.9 Å². The fraction of sp³-hybridized carbons (Fsp3) is 0.618. The minimum Gasteiger partial charge on any atom is -0.451 e. The van der Waals surface area contributed by atoms with E-state index < -0.39 is 17.0 Å². The molecule has 6 heteroatoms. The normalized spacial score (nSPS) is 33.6. The van der Waals surface area contributed by atoms with Gasteiger partial charge in [0.15, 0.2) is 11.4 Å². The topological polar surface area (TPSA) is 72.9 Å². The molecule has 1 saturated heterocycles. The second kappa shape index (κ2) is 10.6. The van der Waals surface area contributed by atoms with E-state index in [4.69, 9.17) is 9.47 Å². The monoisotopic (exact) mass is 545 g/mol. The van der Waals surface area contributed by atoms with Crippen molar-refractivity contribution in [1.82, 2.24) is 0 Å². The molecule has 3 fully saturated rings. The molecule has 5 aliphatic rings. The average Bonchev–Trinajstić information content (AvgIpc) is 3.25. The SMILES string of the molecule is COCC(=O)[C@@]1(OC(C)=O)CC[C@H]2[C@@H]3CCC4=CC(=O)CCC4=C3[C@@H](c3ccc(N4CCCCC4)cc3)C[C@@]21C. The quantitative estimate of drug-likeness (QED) is 0.403. The summed E-state index contributed by atoms with van der Waals surface area (Å²) >= 11 is 0. The maximum absolute atomic E-state index is 13.8. The minimum atomic E-state index is -1.18. The van der Waals surface area contributed by atoms with Crippen LogP contribution in [0.4, 0.5) is 5.69 Å². The van der Waals surface area contributed by atoms with E-state index in [1.165, 1.54) is 61.3 Å². The van der Waals surface area contributed by atoms with Crippen LogP contribution in [0, 0.1) is 17.3 Å². The first-order chi connectivity index (χ1) is 19.3. The third kappa shape index (κ3) is 4.38. The second-order valence-corrected chi connectivity index (χ2v) is 13.0. The summed E-state index contributed by atoms with van der Waals surface area (Å²) in [4.78, 5) is 41.1. The van der Waals surface area contributed by atoms with E-state index >= 15 is 0 Å². The number of ether oxygens (including phenoxy) is 2. The van der Waals surface area contributed by atoms with Crippen molar-refractivity contribution in [2.75, 3.05) is 31.7 Å². The van der Waals surface area contributed by atoms with E-state index in [9.17, 15) is 14.4 Å². The zero-order valence-electron chi connectivity index (χ0n) is 24.3. The lowest BCUT2D eigenvalue weighted by molar-refractivity contribution is -0.185. The number of hydrogen-bond donors (Lipinski definition) is 0. The molecule has 0 N–H and O–H groups in total. The van der Waals surface area contributed by atoms with Gasteiger partial charge in [-0.05, 0) is 105 Å². The molecule has 0 spiro atoms. The van der Waals surface area contributed by atoms with Gasteiger partial charge in [-0.3, -0.25) is 14.4 Å². The molecule has 0 amide bonds. The van der Waals surface area contributed by atoms with Gasteiger partial charge in [0.05, 0.1) is 0 Å². The van der Waals surface area contributed by atoms with Gasteiger partial charge in [-0.2, -0.15) is 0 Å². The number of benzene rings is 1. The van der Waals surface area contributed by atoms with Crippen molar-refractivity contribution in [3.05, 3.63) is 52.6 Å². The van der Waals surface area contributed by atoms with Gasteiger partial charge in [0.1, 0.15) is 6.61 Å². The van der Waals surface area contributed by atoms with Crippen LogP contribution in [0.1, 0.15) is 89.5 Å². The van der Waals surface area contributed by atoms with Gasteiger partial charge in [0.25, 0.3) is 0 Å². The number of piperidine rings is 1. The highest BCUT2D eigenvalue weighted by Gasteiger charge is 2.68. The molecule has 1 heterocycles. The molecule has 2 saturated carbocycles. The summed E-state index contributed by atoms with van der Waals surface area (Å²) in [5, 5.41) is 0. The van der Waals surface area contributed by atoms with Crippen LogP contribution in [-0.4, -0.2) is 49.9 Å². The van der Waals surface area contributed by atoms with E-state index in [1.807, 2.05) is 6.08 Å². The number of anilines is 1. The number of methoxy groups -OCH3 is 1. The van der Waals surface area contributed by atoms with Crippen molar-refractivity contribution in [3.8, 4) is 0 Å². The maximum Gasteiger partial charge on any atom is 0.303 e. The number of ketones is 2. The van der Waals surface area contributed by atoms with Crippen molar-refractivity contribution in [2.45, 2.75) is 89.6 Å². The summed E-state index contributed by atoms with van der Waals surface area (Å²) in [6, 6.07) is 9.11. The molecule has 0 unspecified atom stereocenters. The van der Waals surface area contributed by atoms with Gasteiger partial charge in [-0.25, -0.2) is 0 Å². The van der Waals surface area contributed by atoms with E-state index in [-0.39, 0.29) is 30.0 Å². The fourth-order valence-electron chi connectivity index (χ4n) is 9.19. The number of allylic oxidation sites excluding steroid dienone is 4. The van der Waals surface area contributed by atoms with Crippen molar-refractivity contribution in [3.63, 3.8) is 0 Å². The number of carbonyl (C=O) groups is 3. The average molecular weight is 546 g/mol. The first kappa shape index (κ1) is 27.4. The zero-order valence-corrected chi connectivity index (χ0v) is 24.3. The van der Waals surface area contributed by atoms with Gasteiger partial charge in [0, 0.05) is 50.6 Å². The van der Waals surface area contributed by atoms with Crippen molar-refractivity contribution in [1.29, 1.82) is 0 Å². The number of hydrogen-bond acceptors (Lipinski definition) is 6. The molecule has 5 atom stereocenters. The lowest BCUT2D eigenvalue weighted by atomic mass is 9.50. The van der Waals surface area contributed by atoms with Crippen molar-refractivity contribution in [2.24, 2.45) is 17.3 Å². The third-order valence-electron chi connectivity index (χ3n) is 10.9. The van der Waals surface area contributed by atoms with Crippen LogP contribution in [-0.2, 0) is 23.9 Å². The lowest BCUT2D eigenvalue weighted by Crippen LogP contribution is -2.58. The molecular formula is C34H43NO5. The molecule has 1 aliphatic heterocycles. The first-order valence-electron chi connectivity index (χ1n) is 15.3. The van der Waals surface area contributed by atoms with Crippen LogP contribution >= 0.6 is 0 Å². The standard InChI is InChI=1S/C34H43NO5/c1-22(36)40-34(31(38)21-39-3)16-15-30-28-13-9-24-19-26(37)12-14-27(24)32(28)29(20-33(30,34)2)23-7-10-25(11-8-23)35-17-5-4-6-18-35/h7-8,10-11,19,28-30H,4-6,9,12-18,20-21H2,1-3H3/t28-,29+,30-,33-,34-/m0/s1. The Hall–Kier alpha value is -2.73. The molecule has 40 heavy (non-hydrogen) atoms. The smallest absolute Gasteiger partial charge is 0.303 e. The number of nitrogens with zero attached hydrogens (tertiary/aromatic N) is 1. The number of fused-ring (bicyclic) bond motifs is 4.